The molecule has 4 heteroatoms. The summed E-state index contributed by atoms with van der Waals surface area (Å²) < 4.78 is 0. The molecule has 4 N–H and O–H groups in total. The highest BCUT2D eigenvalue weighted by atomic mass is 16.3. The molecule has 1 heterocycles. The monoisotopic (exact) mass is 209 g/mol. The van der Waals surface area contributed by atoms with Crippen molar-refractivity contribution in [2.75, 3.05) is 17.6 Å². The van der Waals surface area contributed by atoms with Crippen molar-refractivity contribution in [2.45, 2.75) is 32.8 Å². The van der Waals surface area contributed by atoms with Crippen LogP contribution in [0.4, 0.5) is 11.5 Å². The summed E-state index contributed by atoms with van der Waals surface area (Å²) in [5.41, 5.74) is 6.54. The summed E-state index contributed by atoms with van der Waals surface area (Å²) in [5.74, 6) is 0.642. The standard InChI is InChI=1S/C11H19N3O/c1-4-11(3,15)7-13-10-9(12)6-5-8(2)14-10/h5-6,15H,4,7,12H2,1-3H3,(H,13,14). The van der Waals surface area contributed by atoms with Crippen molar-refractivity contribution in [2.24, 2.45) is 0 Å². The zero-order chi connectivity index (χ0) is 11.5. The molecule has 0 amide bonds. The lowest BCUT2D eigenvalue weighted by Crippen LogP contribution is -2.32. The highest BCUT2D eigenvalue weighted by Crippen LogP contribution is 2.17. The molecular weight excluding hydrogens is 190 g/mol. The van der Waals surface area contributed by atoms with Crippen molar-refractivity contribution in [3.8, 4) is 0 Å². The number of aryl methyl sites for hydroxylation is 1. The number of aliphatic hydroxyl groups is 1. The predicted octanol–water partition coefficient (Wildman–Crippen LogP) is 1.55. The molecule has 4 nitrogen and oxygen atoms in total. The Balaban J connectivity index is 2.69. The molecule has 15 heavy (non-hydrogen) atoms. The Morgan fingerprint density at radius 1 is 1.53 bits per heavy atom. The summed E-state index contributed by atoms with van der Waals surface area (Å²) in [6, 6.07) is 3.67. The third-order valence-electron chi connectivity index (χ3n) is 2.46. The maximum Gasteiger partial charge on any atom is 0.149 e. The smallest absolute Gasteiger partial charge is 0.149 e. The minimum absolute atomic E-state index is 0.449. The molecule has 0 aromatic carbocycles. The van der Waals surface area contributed by atoms with E-state index in [4.69, 9.17) is 5.73 Å². The van der Waals surface area contributed by atoms with Gasteiger partial charge in [0.25, 0.3) is 0 Å². The number of hydrogen-bond acceptors (Lipinski definition) is 4. The SMILES string of the molecule is CCC(C)(O)CNc1nc(C)ccc1N. The minimum atomic E-state index is -0.724. The number of nitrogens with one attached hydrogen (secondary N) is 1. The van der Waals surface area contributed by atoms with Crippen molar-refractivity contribution < 1.29 is 5.11 Å². The first kappa shape index (κ1) is 11.8. The van der Waals surface area contributed by atoms with E-state index >= 15 is 0 Å². The fourth-order valence-corrected chi connectivity index (χ4v) is 1.11. The molecule has 84 valence electrons. The molecule has 1 aromatic rings. The van der Waals surface area contributed by atoms with Gasteiger partial charge in [-0.05, 0) is 32.4 Å². The lowest BCUT2D eigenvalue weighted by atomic mass is 10.0. The van der Waals surface area contributed by atoms with Gasteiger partial charge in [-0.1, -0.05) is 6.92 Å². The van der Waals surface area contributed by atoms with Gasteiger partial charge in [-0.2, -0.15) is 0 Å². The molecule has 1 aromatic heterocycles. The summed E-state index contributed by atoms with van der Waals surface area (Å²) in [7, 11) is 0. The molecule has 0 aliphatic carbocycles. The quantitative estimate of drug-likeness (QED) is 0.703. The molecule has 0 radical (unpaired) electrons. The normalized spacial score (nSPS) is 14.7. The number of rotatable bonds is 4. The molecule has 0 aliphatic heterocycles. The van der Waals surface area contributed by atoms with Crippen LogP contribution in [0, 0.1) is 6.92 Å². The van der Waals surface area contributed by atoms with Gasteiger partial charge in [0.2, 0.25) is 0 Å². The summed E-state index contributed by atoms with van der Waals surface area (Å²) >= 11 is 0. The molecule has 0 aliphatic rings. The highest BCUT2D eigenvalue weighted by molar-refractivity contribution is 5.61. The van der Waals surface area contributed by atoms with Crippen LogP contribution in [0.15, 0.2) is 12.1 Å². The van der Waals surface area contributed by atoms with Gasteiger partial charge in [-0.15, -0.1) is 0 Å². The fraction of sp³-hybridized carbons (Fsp3) is 0.545. The average Bonchev–Trinajstić information content (AvgIpc) is 2.20. The first-order valence-corrected chi connectivity index (χ1v) is 5.14. The van der Waals surface area contributed by atoms with Crippen LogP contribution in [-0.2, 0) is 0 Å². The van der Waals surface area contributed by atoms with Crippen LogP contribution in [0.2, 0.25) is 0 Å². The number of anilines is 2. The summed E-state index contributed by atoms with van der Waals surface area (Å²) in [6.07, 6.45) is 0.686. The van der Waals surface area contributed by atoms with Crippen LogP contribution in [0.5, 0.6) is 0 Å². The first-order valence-electron chi connectivity index (χ1n) is 5.14. The number of nitrogens with two attached hydrogens (primary N) is 1. The molecule has 0 saturated carbocycles. The van der Waals surface area contributed by atoms with E-state index in [0.29, 0.717) is 24.5 Å². The zero-order valence-electron chi connectivity index (χ0n) is 9.54. The lowest BCUT2D eigenvalue weighted by Gasteiger charge is -2.22. The topological polar surface area (TPSA) is 71.2 Å². The summed E-state index contributed by atoms with van der Waals surface area (Å²) in [5, 5.41) is 12.9. The number of nitrogen functional groups attached to an aromatic ring is 1. The molecular formula is C11H19N3O. The Morgan fingerprint density at radius 2 is 2.20 bits per heavy atom. The Labute approximate surface area is 90.5 Å². The second-order valence-corrected chi connectivity index (χ2v) is 4.09. The largest absolute Gasteiger partial charge is 0.396 e. The third kappa shape index (κ3) is 3.40. The zero-order valence-corrected chi connectivity index (χ0v) is 9.54. The van der Waals surface area contributed by atoms with E-state index in [9.17, 15) is 5.11 Å². The van der Waals surface area contributed by atoms with E-state index in [1.807, 2.05) is 26.0 Å². The molecule has 0 spiro atoms. The van der Waals surface area contributed by atoms with Crippen molar-refractivity contribution in [1.29, 1.82) is 0 Å². The Bertz CT molecular complexity index is 337. The molecule has 1 rings (SSSR count). The van der Waals surface area contributed by atoms with E-state index in [0.717, 1.165) is 5.69 Å². The number of hydrogen-bond donors (Lipinski definition) is 3. The van der Waals surface area contributed by atoms with Crippen LogP contribution in [0.1, 0.15) is 26.0 Å². The number of pyridine rings is 1. The van der Waals surface area contributed by atoms with Gasteiger partial charge >= 0.3 is 0 Å². The van der Waals surface area contributed by atoms with Gasteiger partial charge in [-0.25, -0.2) is 4.98 Å². The Kier molecular flexibility index (Phi) is 3.52. The van der Waals surface area contributed by atoms with Crippen molar-refractivity contribution in [1.82, 2.24) is 4.98 Å². The van der Waals surface area contributed by atoms with Gasteiger partial charge in [0.05, 0.1) is 11.3 Å². The Morgan fingerprint density at radius 3 is 2.80 bits per heavy atom. The van der Waals surface area contributed by atoms with Gasteiger partial charge in [-0.3, -0.25) is 0 Å². The van der Waals surface area contributed by atoms with Crippen LogP contribution >= 0.6 is 0 Å². The number of nitrogens with zero attached hydrogens (tertiary/aromatic N) is 1. The van der Waals surface area contributed by atoms with Gasteiger partial charge in [0, 0.05) is 12.2 Å². The highest BCUT2D eigenvalue weighted by Gasteiger charge is 2.17. The maximum atomic E-state index is 9.81. The van der Waals surface area contributed by atoms with Crippen LogP contribution in [0.25, 0.3) is 0 Å². The second-order valence-electron chi connectivity index (χ2n) is 4.09. The van der Waals surface area contributed by atoms with Crippen molar-refractivity contribution in [3.05, 3.63) is 17.8 Å². The minimum Gasteiger partial charge on any atom is -0.396 e. The second kappa shape index (κ2) is 4.49. The molecule has 0 saturated heterocycles. The van der Waals surface area contributed by atoms with Gasteiger partial charge in [0.15, 0.2) is 0 Å². The van der Waals surface area contributed by atoms with E-state index in [-0.39, 0.29) is 0 Å². The van der Waals surface area contributed by atoms with E-state index in [1.54, 1.807) is 6.92 Å². The molecule has 1 unspecified atom stereocenters. The maximum absolute atomic E-state index is 9.81. The first-order chi connectivity index (χ1) is 6.94. The van der Waals surface area contributed by atoms with Gasteiger partial charge < -0.3 is 16.2 Å². The predicted molar refractivity (Wildman–Crippen MR) is 62.8 cm³/mol. The van der Waals surface area contributed by atoms with Crippen LogP contribution in [-0.4, -0.2) is 22.2 Å². The van der Waals surface area contributed by atoms with Crippen LogP contribution in [0.3, 0.4) is 0 Å². The lowest BCUT2D eigenvalue weighted by molar-refractivity contribution is 0.0697. The fourth-order valence-electron chi connectivity index (χ4n) is 1.11. The molecule has 0 fully saturated rings. The number of aromatic nitrogens is 1. The average molecular weight is 209 g/mol. The molecule has 0 bridgehead atoms. The summed E-state index contributed by atoms with van der Waals surface area (Å²) in [4.78, 5) is 4.26. The van der Waals surface area contributed by atoms with E-state index in [1.165, 1.54) is 0 Å². The van der Waals surface area contributed by atoms with E-state index in [2.05, 4.69) is 10.3 Å². The van der Waals surface area contributed by atoms with Crippen molar-refractivity contribution >= 4 is 11.5 Å². The molecule has 1 atom stereocenters. The van der Waals surface area contributed by atoms with Crippen molar-refractivity contribution in [3.63, 3.8) is 0 Å². The summed E-state index contributed by atoms with van der Waals surface area (Å²) in [6.45, 7) is 6.08. The van der Waals surface area contributed by atoms with E-state index < -0.39 is 5.60 Å². The third-order valence-corrected chi connectivity index (χ3v) is 2.46. The Hall–Kier alpha value is -1.29. The van der Waals surface area contributed by atoms with Gasteiger partial charge in [0.1, 0.15) is 5.82 Å². The van der Waals surface area contributed by atoms with Crippen LogP contribution < -0.4 is 11.1 Å².